The van der Waals surface area contributed by atoms with Crippen LogP contribution in [0.5, 0.6) is 5.75 Å². The van der Waals surface area contributed by atoms with Gasteiger partial charge in [0.05, 0.1) is 11.6 Å². The molecule has 0 aliphatic heterocycles. The van der Waals surface area contributed by atoms with Crippen LogP contribution in [0, 0.1) is 0 Å². The van der Waals surface area contributed by atoms with Crippen LogP contribution in [-0.4, -0.2) is 18.6 Å². The smallest absolute Gasteiger partial charge is 0.220 e. The molecule has 106 valence electrons. The second-order valence-electron chi connectivity index (χ2n) is 4.40. The second kappa shape index (κ2) is 8.28. The summed E-state index contributed by atoms with van der Waals surface area (Å²) in [5.41, 5.74) is 0. The summed E-state index contributed by atoms with van der Waals surface area (Å²) in [4.78, 5) is 11.5. The molecule has 1 rings (SSSR count). The van der Waals surface area contributed by atoms with E-state index in [1.165, 1.54) is 0 Å². The minimum atomic E-state index is 0.0557. The molecule has 1 atom stereocenters. The van der Waals surface area contributed by atoms with Crippen LogP contribution < -0.4 is 10.1 Å². The molecule has 19 heavy (non-hydrogen) atoms. The Morgan fingerprint density at radius 1 is 1.42 bits per heavy atom. The lowest BCUT2D eigenvalue weighted by Crippen LogP contribution is -2.31. The number of hydrogen-bond donors (Lipinski definition) is 1. The lowest BCUT2D eigenvalue weighted by molar-refractivity contribution is -0.121. The predicted molar refractivity (Wildman–Crippen MR) is 79.1 cm³/mol. The van der Waals surface area contributed by atoms with Crippen LogP contribution in [0.2, 0.25) is 10.0 Å². The van der Waals surface area contributed by atoms with Crippen molar-refractivity contribution >= 4 is 29.1 Å². The van der Waals surface area contributed by atoms with E-state index in [0.717, 1.165) is 6.42 Å². The van der Waals surface area contributed by atoms with Gasteiger partial charge in [0.2, 0.25) is 5.91 Å². The number of rotatable bonds is 7. The average molecular weight is 304 g/mol. The van der Waals surface area contributed by atoms with Crippen LogP contribution in [0.25, 0.3) is 0 Å². The predicted octanol–water partition coefficient (Wildman–Crippen LogP) is 4.07. The molecule has 0 saturated carbocycles. The van der Waals surface area contributed by atoms with Crippen molar-refractivity contribution < 1.29 is 9.53 Å². The summed E-state index contributed by atoms with van der Waals surface area (Å²) in [6, 6.07) is 5.30. The van der Waals surface area contributed by atoms with Crippen LogP contribution in [0.4, 0.5) is 0 Å². The van der Waals surface area contributed by atoms with Gasteiger partial charge in [0.15, 0.2) is 0 Å². The fourth-order valence-corrected chi connectivity index (χ4v) is 1.92. The summed E-state index contributed by atoms with van der Waals surface area (Å²) in [7, 11) is 0. The van der Waals surface area contributed by atoms with Gasteiger partial charge in [-0.1, -0.05) is 30.1 Å². The minimum absolute atomic E-state index is 0.0557. The topological polar surface area (TPSA) is 38.3 Å². The van der Waals surface area contributed by atoms with Gasteiger partial charge in [-0.3, -0.25) is 4.79 Å². The van der Waals surface area contributed by atoms with Crippen molar-refractivity contribution in [2.24, 2.45) is 0 Å². The van der Waals surface area contributed by atoms with Gasteiger partial charge in [0, 0.05) is 17.5 Å². The number of ether oxygens (including phenoxy) is 1. The molecule has 0 bridgehead atoms. The zero-order valence-electron chi connectivity index (χ0n) is 11.2. The number of carbonyl (C=O) groups is 1. The highest BCUT2D eigenvalue weighted by Gasteiger charge is 2.06. The molecule has 3 nitrogen and oxygen atoms in total. The fourth-order valence-electron chi connectivity index (χ4n) is 1.46. The summed E-state index contributed by atoms with van der Waals surface area (Å²) in [5, 5.41) is 3.97. The van der Waals surface area contributed by atoms with E-state index >= 15 is 0 Å². The molecule has 0 aliphatic carbocycles. The number of amides is 1. The molecule has 0 unspecified atom stereocenters. The highest BCUT2D eigenvalue weighted by Crippen LogP contribution is 2.27. The lowest BCUT2D eigenvalue weighted by atomic mass is 10.2. The Morgan fingerprint density at radius 3 is 2.79 bits per heavy atom. The van der Waals surface area contributed by atoms with E-state index in [0.29, 0.717) is 35.2 Å². The third-order valence-electron chi connectivity index (χ3n) is 2.72. The van der Waals surface area contributed by atoms with Gasteiger partial charge in [-0.05, 0) is 38.0 Å². The molecular formula is C14H19Cl2NO2. The standard InChI is InChI=1S/C14H19Cl2NO2/c1-3-10(2)17-14(18)5-4-8-19-13-7-6-11(15)9-12(13)16/h6-7,9-10H,3-5,8H2,1-2H3,(H,17,18)/t10-/m1/s1. The van der Waals surface area contributed by atoms with E-state index in [4.69, 9.17) is 27.9 Å². The Bertz CT molecular complexity index is 424. The van der Waals surface area contributed by atoms with E-state index in [1.807, 2.05) is 13.8 Å². The molecule has 0 aromatic heterocycles. The van der Waals surface area contributed by atoms with Crippen molar-refractivity contribution in [2.45, 2.75) is 39.2 Å². The average Bonchev–Trinajstić information content (AvgIpc) is 2.36. The van der Waals surface area contributed by atoms with Crippen molar-refractivity contribution in [2.75, 3.05) is 6.61 Å². The third-order valence-corrected chi connectivity index (χ3v) is 3.25. The van der Waals surface area contributed by atoms with Crippen molar-refractivity contribution in [3.05, 3.63) is 28.2 Å². The van der Waals surface area contributed by atoms with Crippen molar-refractivity contribution in [3.63, 3.8) is 0 Å². The van der Waals surface area contributed by atoms with Gasteiger partial charge >= 0.3 is 0 Å². The third kappa shape index (κ3) is 6.17. The number of halogens is 2. The summed E-state index contributed by atoms with van der Waals surface area (Å²) in [5.74, 6) is 0.647. The van der Waals surface area contributed by atoms with Gasteiger partial charge < -0.3 is 10.1 Å². The molecule has 0 spiro atoms. The molecule has 1 N–H and O–H groups in total. The number of hydrogen-bond acceptors (Lipinski definition) is 2. The maximum atomic E-state index is 11.5. The first-order valence-electron chi connectivity index (χ1n) is 6.40. The number of benzene rings is 1. The monoisotopic (exact) mass is 303 g/mol. The largest absolute Gasteiger partial charge is 0.492 e. The maximum Gasteiger partial charge on any atom is 0.220 e. The minimum Gasteiger partial charge on any atom is -0.492 e. The molecule has 5 heteroatoms. The van der Waals surface area contributed by atoms with Gasteiger partial charge in [-0.2, -0.15) is 0 Å². The van der Waals surface area contributed by atoms with Crippen LogP contribution in [-0.2, 0) is 4.79 Å². The van der Waals surface area contributed by atoms with E-state index < -0.39 is 0 Å². The molecular weight excluding hydrogens is 285 g/mol. The van der Waals surface area contributed by atoms with Crippen LogP contribution in [0.3, 0.4) is 0 Å². The van der Waals surface area contributed by atoms with Crippen molar-refractivity contribution in [3.8, 4) is 5.75 Å². The molecule has 1 aromatic rings. The SMILES string of the molecule is CC[C@@H](C)NC(=O)CCCOc1ccc(Cl)cc1Cl. The Hall–Kier alpha value is -0.930. The lowest BCUT2D eigenvalue weighted by Gasteiger charge is -2.11. The summed E-state index contributed by atoms with van der Waals surface area (Å²) < 4.78 is 5.50. The Kier molecular flexibility index (Phi) is 7.03. The van der Waals surface area contributed by atoms with Gasteiger partial charge in [-0.15, -0.1) is 0 Å². The van der Waals surface area contributed by atoms with E-state index in [9.17, 15) is 4.79 Å². The zero-order chi connectivity index (χ0) is 14.3. The first-order valence-corrected chi connectivity index (χ1v) is 7.15. The quantitative estimate of drug-likeness (QED) is 0.771. The van der Waals surface area contributed by atoms with Crippen LogP contribution in [0.1, 0.15) is 33.1 Å². The number of carbonyl (C=O) groups excluding carboxylic acids is 1. The number of nitrogens with one attached hydrogen (secondary N) is 1. The molecule has 0 radical (unpaired) electrons. The Balaban J connectivity index is 2.25. The first kappa shape index (κ1) is 16.1. The maximum absolute atomic E-state index is 11.5. The van der Waals surface area contributed by atoms with E-state index in [-0.39, 0.29) is 11.9 Å². The summed E-state index contributed by atoms with van der Waals surface area (Å²) in [6.45, 7) is 4.48. The first-order chi connectivity index (χ1) is 9.02. The summed E-state index contributed by atoms with van der Waals surface area (Å²) in [6.07, 6.45) is 2.04. The van der Waals surface area contributed by atoms with Gasteiger partial charge in [0.1, 0.15) is 5.75 Å². The Labute approximate surface area is 124 Å². The Morgan fingerprint density at radius 2 is 2.16 bits per heavy atom. The summed E-state index contributed by atoms with van der Waals surface area (Å²) >= 11 is 11.8. The molecule has 0 heterocycles. The van der Waals surface area contributed by atoms with Gasteiger partial charge in [0.25, 0.3) is 0 Å². The van der Waals surface area contributed by atoms with Crippen LogP contribution in [0.15, 0.2) is 18.2 Å². The second-order valence-corrected chi connectivity index (χ2v) is 5.25. The van der Waals surface area contributed by atoms with E-state index in [2.05, 4.69) is 5.32 Å². The zero-order valence-corrected chi connectivity index (χ0v) is 12.7. The molecule has 0 aliphatic rings. The van der Waals surface area contributed by atoms with Crippen molar-refractivity contribution in [1.82, 2.24) is 5.32 Å². The molecule has 0 fully saturated rings. The van der Waals surface area contributed by atoms with Gasteiger partial charge in [-0.25, -0.2) is 0 Å². The highest BCUT2D eigenvalue weighted by molar-refractivity contribution is 6.35. The molecule has 1 amide bonds. The highest BCUT2D eigenvalue weighted by atomic mass is 35.5. The van der Waals surface area contributed by atoms with E-state index in [1.54, 1.807) is 18.2 Å². The van der Waals surface area contributed by atoms with Crippen molar-refractivity contribution in [1.29, 1.82) is 0 Å². The molecule has 1 aromatic carbocycles. The van der Waals surface area contributed by atoms with Crippen LogP contribution >= 0.6 is 23.2 Å². The molecule has 0 saturated heterocycles. The fraction of sp³-hybridized carbons (Fsp3) is 0.500. The normalized spacial score (nSPS) is 12.0.